The molecule has 1 unspecified atom stereocenters. The molecule has 1 atom stereocenters. The maximum atomic E-state index is 4.92. The number of nitrogens with zero attached hydrogens (tertiary/aromatic N) is 4. The molecular formula is C21H24N6. The molecule has 27 heavy (non-hydrogen) atoms. The Kier molecular flexibility index (Phi) is 3.68. The second-order valence-electron chi connectivity index (χ2n) is 7.66. The van der Waals surface area contributed by atoms with Gasteiger partial charge in [-0.15, -0.1) is 0 Å². The average molecular weight is 360 g/mol. The number of hydrogen-bond acceptors (Lipinski definition) is 4. The number of aromatic amines is 2. The van der Waals surface area contributed by atoms with E-state index in [9.17, 15) is 0 Å². The Morgan fingerprint density at radius 3 is 2.78 bits per heavy atom. The topological polar surface area (TPSA) is 63.8 Å². The summed E-state index contributed by atoms with van der Waals surface area (Å²) in [5.74, 6) is 0.815. The third-order valence-corrected chi connectivity index (χ3v) is 5.81. The maximum absolute atomic E-state index is 4.92. The molecule has 1 aliphatic heterocycles. The molecule has 6 nitrogen and oxygen atoms in total. The van der Waals surface area contributed by atoms with E-state index in [1.165, 1.54) is 17.7 Å². The fourth-order valence-electron chi connectivity index (χ4n) is 4.18. The van der Waals surface area contributed by atoms with E-state index in [4.69, 9.17) is 4.98 Å². The number of H-pyrrole nitrogens is 2. The highest BCUT2D eigenvalue weighted by molar-refractivity contribution is 5.94. The van der Waals surface area contributed by atoms with Crippen molar-refractivity contribution in [2.75, 3.05) is 32.1 Å². The first-order valence-electron chi connectivity index (χ1n) is 9.46. The molecule has 0 bridgehead atoms. The lowest BCUT2D eigenvalue weighted by Gasteiger charge is -2.23. The largest absolute Gasteiger partial charge is 0.370 e. The summed E-state index contributed by atoms with van der Waals surface area (Å²) in [7, 11) is 4.33. The van der Waals surface area contributed by atoms with Crippen LogP contribution in [-0.4, -0.2) is 58.3 Å². The van der Waals surface area contributed by atoms with Crippen molar-refractivity contribution in [2.24, 2.45) is 0 Å². The molecule has 0 aliphatic carbocycles. The fraction of sp³-hybridized carbons (Fsp3) is 0.333. The molecule has 3 heterocycles. The van der Waals surface area contributed by atoms with Crippen LogP contribution in [0, 0.1) is 6.92 Å². The lowest BCUT2D eigenvalue weighted by atomic mass is 10.1. The monoisotopic (exact) mass is 360 g/mol. The van der Waals surface area contributed by atoms with E-state index in [0.717, 1.165) is 46.5 Å². The van der Waals surface area contributed by atoms with Crippen LogP contribution in [0.15, 0.2) is 36.4 Å². The summed E-state index contributed by atoms with van der Waals surface area (Å²) in [5, 5.41) is 8.67. The van der Waals surface area contributed by atoms with Gasteiger partial charge < -0.3 is 14.8 Å². The van der Waals surface area contributed by atoms with Crippen LogP contribution in [-0.2, 0) is 0 Å². The quantitative estimate of drug-likeness (QED) is 0.586. The van der Waals surface area contributed by atoms with E-state index >= 15 is 0 Å². The number of imidazole rings is 1. The van der Waals surface area contributed by atoms with Crippen molar-refractivity contribution >= 4 is 27.6 Å². The summed E-state index contributed by atoms with van der Waals surface area (Å²) in [6.07, 6.45) is 1.20. The Morgan fingerprint density at radius 1 is 1.11 bits per heavy atom. The molecule has 6 heteroatoms. The summed E-state index contributed by atoms with van der Waals surface area (Å²) < 4.78 is 0. The average Bonchev–Trinajstić information content (AvgIpc) is 3.39. The zero-order valence-electron chi connectivity index (χ0n) is 16.0. The molecule has 2 aromatic heterocycles. The van der Waals surface area contributed by atoms with Crippen LogP contribution >= 0.6 is 0 Å². The van der Waals surface area contributed by atoms with Crippen LogP contribution in [0.5, 0.6) is 0 Å². The van der Waals surface area contributed by atoms with Gasteiger partial charge in [-0.05, 0) is 45.6 Å². The van der Waals surface area contributed by atoms with E-state index in [-0.39, 0.29) is 0 Å². The van der Waals surface area contributed by atoms with Crippen LogP contribution in [0.2, 0.25) is 0 Å². The van der Waals surface area contributed by atoms with E-state index in [1.807, 2.05) is 18.2 Å². The molecule has 138 valence electrons. The van der Waals surface area contributed by atoms with Crippen LogP contribution in [0.25, 0.3) is 33.5 Å². The lowest BCUT2D eigenvalue weighted by molar-refractivity contribution is 0.315. The Balaban J connectivity index is 1.56. The van der Waals surface area contributed by atoms with Gasteiger partial charge in [-0.1, -0.05) is 18.2 Å². The number of aryl methyl sites for hydroxylation is 1. The zero-order chi connectivity index (χ0) is 18.5. The number of hydrogen-bond donors (Lipinski definition) is 2. The second kappa shape index (κ2) is 6.09. The number of benzene rings is 2. The Labute approximate surface area is 158 Å². The van der Waals surface area contributed by atoms with Gasteiger partial charge in [0.2, 0.25) is 0 Å². The minimum absolute atomic E-state index is 0.616. The summed E-state index contributed by atoms with van der Waals surface area (Å²) >= 11 is 0. The Hall–Kier alpha value is -2.86. The smallest absolute Gasteiger partial charge is 0.159 e. The van der Waals surface area contributed by atoms with Gasteiger partial charge in [-0.2, -0.15) is 5.10 Å². The number of likely N-dealkylation sites (N-methyl/N-ethyl adjacent to an activating group) is 1. The zero-order valence-corrected chi connectivity index (χ0v) is 16.0. The maximum Gasteiger partial charge on any atom is 0.159 e. The standard InChI is InChI=1S/C21H24N6/c1-13-18(27-11-10-14(12-27)26(2)3)9-8-17-19(13)23-21(22-17)20-15-6-4-5-7-16(15)24-25-20/h4-9,14H,10-12H2,1-3H3,(H,22,23)(H,24,25). The summed E-state index contributed by atoms with van der Waals surface area (Å²) in [6.45, 7) is 4.34. The molecule has 2 aromatic carbocycles. The van der Waals surface area contributed by atoms with Crippen molar-refractivity contribution in [3.05, 3.63) is 42.0 Å². The van der Waals surface area contributed by atoms with Crippen molar-refractivity contribution in [3.63, 3.8) is 0 Å². The third kappa shape index (κ3) is 2.59. The predicted molar refractivity (Wildman–Crippen MR) is 110 cm³/mol. The third-order valence-electron chi connectivity index (χ3n) is 5.81. The first-order valence-corrected chi connectivity index (χ1v) is 9.46. The fourth-order valence-corrected chi connectivity index (χ4v) is 4.18. The van der Waals surface area contributed by atoms with Crippen molar-refractivity contribution in [1.29, 1.82) is 0 Å². The highest BCUT2D eigenvalue weighted by Crippen LogP contribution is 2.32. The van der Waals surface area contributed by atoms with Crippen LogP contribution < -0.4 is 4.90 Å². The van der Waals surface area contributed by atoms with Gasteiger partial charge >= 0.3 is 0 Å². The SMILES string of the molecule is Cc1c(N2CCC(N(C)C)C2)ccc2[nH]c(-c3n[nH]c4ccccc34)nc12. The first-order chi connectivity index (χ1) is 13.1. The molecule has 1 saturated heterocycles. The number of fused-ring (bicyclic) bond motifs is 2. The van der Waals surface area contributed by atoms with Crippen molar-refractivity contribution in [2.45, 2.75) is 19.4 Å². The van der Waals surface area contributed by atoms with E-state index < -0.39 is 0 Å². The number of nitrogens with one attached hydrogen (secondary N) is 2. The number of aromatic nitrogens is 4. The Morgan fingerprint density at radius 2 is 1.96 bits per heavy atom. The van der Waals surface area contributed by atoms with E-state index in [0.29, 0.717) is 6.04 Å². The van der Waals surface area contributed by atoms with Crippen molar-refractivity contribution in [1.82, 2.24) is 25.1 Å². The summed E-state index contributed by atoms with van der Waals surface area (Å²) in [6, 6.07) is 13.1. The van der Waals surface area contributed by atoms with Gasteiger partial charge in [0.15, 0.2) is 5.82 Å². The molecular weight excluding hydrogens is 336 g/mol. The highest BCUT2D eigenvalue weighted by Gasteiger charge is 2.26. The highest BCUT2D eigenvalue weighted by atomic mass is 15.2. The molecule has 1 fully saturated rings. The molecule has 0 spiro atoms. The van der Waals surface area contributed by atoms with E-state index in [2.05, 4.69) is 64.2 Å². The first kappa shape index (κ1) is 16.3. The summed E-state index contributed by atoms with van der Waals surface area (Å²) in [4.78, 5) is 13.2. The van der Waals surface area contributed by atoms with Crippen molar-refractivity contribution in [3.8, 4) is 11.5 Å². The molecule has 0 radical (unpaired) electrons. The number of para-hydroxylation sites is 1. The van der Waals surface area contributed by atoms with Gasteiger partial charge in [0.05, 0.1) is 16.6 Å². The molecule has 0 saturated carbocycles. The van der Waals surface area contributed by atoms with Gasteiger partial charge in [-0.3, -0.25) is 5.10 Å². The minimum Gasteiger partial charge on any atom is -0.370 e. The van der Waals surface area contributed by atoms with Crippen molar-refractivity contribution < 1.29 is 0 Å². The lowest BCUT2D eigenvalue weighted by Crippen LogP contribution is -2.31. The van der Waals surface area contributed by atoms with Gasteiger partial charge in [-0.25, -0.2) is 4.98 Å². The second-order valence-corrected chi connectivity index (χ2v) is 7.66. The van der Waals surface area contributed by atoms with Gasteiger partial charge in [0.1, 0.15) is 5.69 Å². The number of rotatable bonds is 3. The van der Waals surface area contributed by atoms with Gasteiger partial charge in [0, 0.05) is 35.8 Å². The Bertz CT molecular complexity index is 1120. The summed E-state index contributed by atoms with van der Waals surface area (Å²) in [5.41, 5.74) is 6.50. The predicted octanol–water partition coefficient (Wildman–Crippen LogP) is 3.55. The van der Waals surface area contributed by atoms with Crippen LogP contribution in [0.3, 0.4) is 0 Å². The normalized spacial score (nSPS) is 17.6. The molecule has 4 aromatic rings. The van der Waals surface area contributed by atoms with Gasteiger partial charge in [0.25, 0.3) is 0 Å². The molecule has 5 rings (SSSR count). The molecule has 1 aliphatic rings. The van der Waals surface area contributed by atoms with Crippen LogP contribution in [0.4, 0.5) is 5.69 Å². The van der Waals surface area contributed by atoms with E-state index in [1.54, 1.807) is 0 Å². The van der Waals surface area contributed by atoms with Crippen LogP contribution in [0.1, 0.15) is 12.0 Å². The molecule has 2 N–H and O–H groups in total. The number of anilines is 1. The minimum atomic E-state index is 0.616. The molecule has 0 amide bonds.